The number of ether oxygens (including phenoxy) is 2. The standard InChI is InChI=1S/C18H23N3O3/c1-12-17(18(22)19-11-16-5-4-10-24-16)13(2)21(20-12)14-6-8-15(23-3)9-7-14/h6-9,16H,4-5,10-11H2,1-3H3,(H,19,22)/t16-/m0/s1. The minimum Gasteiger partial charge on any atom is -0.497 e. The Kier molecular flexibility index (Phi) is 4.85. The van der Waals surface area contributed by atoms with Crippen LogP contribution in [0.3, 0.4) is 0 Å². The summed E-state index contributed by atoms with van der Waals surface area (Å²) in [4.78, 5) is 12.5. The van der Waals surface area contributed by atoms with Gasteiger partial charge in [0, 0.05) is 13.2 Å². The van der Waals surface area contributed by atoms with Gasteiger partial charge >= 0.3 is 0 Å². The fraction of sp³-hybridized carbons (Fsp3) is 0.444. The second-order valence-corrected chi connectivity index (χ2v) is 6.00. The third-order valence-corrected chi connectivity index (χ3v) is 4.35. The summed E-state index contributed by atoms with van der Waals surface area (Å²) < 4.78 is 12.5. The van der Waals surface area contributed by atoms with E-state index in [0.29, 0.717) is 17.8 Å². The Balaban J connectivity index is 1.78. The number of amides is 1. The average molecular weight is 329 g/mol. The predicted molar refractivity (Wildman–Crippen MR) is 90.9 cm³/mol. The molecule has 1 aromatic carbocycles. The Hall–Kier alpha value is -2.34. The average Bonchev–Trinajstić information content (AvgIpc) is 3.21. The first-order valence-electron chi connectivity index (χ1n) is 8.20. The molecule has 0 unspecified atom stereocenters. The molecule has 2 aromatic rings. The lowest BCUT2D eigenvalue weighted by Gasteiger charge is -2.11. The van der Waals surface area contributed by atoms with Gasteiger partial charge in [-0.15, -0.1) is 0 Å². The van der Waals surface area contributed by atoms with Crippen molar-refractivity contribution in [2.45, 2.75) is 32.8 Å². The van der Waals surface area contributed by atoms with Crippen molar-refractivity contribution >= 4 is 5.91 Å². The summed E-state index contributed by atoms with van der Waals surface area (Å²) in [6.07, 6.45) is 2.20. The van der Waals surface area contributed by atoms with Crippen LogP contribution in [0.25, 0.3) is 5.69 Å². The van der Waals surface area contributed by atoms with Crippen molar-refractivity contribution in [2.75, 3.05) is 20.3 Å². The van der Waals surface area contributed by atoms with Crippen molar-refractivity contribution in [3.8, 4) is 11.4 Å². The minimum absolute atomic E-state index is 0.0970. The van der Waals surface area contributed by atoms with E-state index in [1.807, 2.05) is 38.1 Å². The van der Waals surface area contributed by atoms with Crippen LogP contribution < -0.4 is 10.1 Å². The first kappa shape index (κ1) is 16.5. The van der Waals surface area contributed by atoms with Gasteiger partial charge in [-0.25, -0.2) is 4.68 Å². The van der Waals surface area contributed by atoms with Crippen molar-refractivity contribution in [1.29, 1.82) is 0 Å². The van der Waals surface area contributed by atoms with Crippen LogP contribution in [0.4, 0.5) is 0 Å². The number of aryl methyl sites for hydroxylation is 1. The number of aromatic nitrogens is 2. The largest absolute Gasteiger partial charge is 0.497 e. The maximum absolute atomic E-state index is 12.5. The molecule has 1 atom stereocenters. The van der Waals surface area contributed by atoms with Crippen LogP contribution >= 0.6 is 0 Å². The van der Waals surface area contributed by atoms with E-state index in [1.54, 1.807) is 11.8 Å². The van der Waals surface area contributed by atoms with Gasteiger partial charge in [0.2, 0.25) is 0 Å². The Morgan fingerprint density at radius 1 is 1.38 bits per heavy atom. The van der Waals surface area contributed by atoms with E-state index in [2.05, 4.69) is 10.4 Å². The van der Waals surface area contributed by atoms with E-state index in [9.17, 15) is 4.79 Å². The molecule has 0 radical (unpaired) electrons. The zero-order valence-electron chi connectivity index (χ0n) is 14.3. The molecule has 1 saturated heterocycles. The van der Waals surface area contributed by atoms with Crippen LogP contribution in [0.1, 0.15) is 34.6 Å². The molecule has 1 aliphatic rings. The highest BCUT2D eigenvalue weighted by atomic mass is 16.5. The SMILES string of the molecule is COc1ccc(-n2nc(C)c(C(=O)NC[C@@H]3CCCO3)c2C)cc1. The van der Waals surface area contributed by atoms with Crippen molar-refractivity contribution in [2.24, 2.45) is 0 Å². The summed E-state index contributed by atoms with van der Waals surface area (Å²) in [6, 6.07) is 7.60. The van der Waals surface area contributed by atoms with Gasteiger partial charge in [0.05, 0.1) is 35.9 Å². The molecule has 0 saturated carbocycles. The minimum atomic E-state index is -0.0970. The van der Waals surface area contributed by atoms with E-state index in [4.69, 9.17) is 9.47 Å². The number of methoxy groups -OCH3 is 1. The molecule has 0 aliphatic carbocycles. The zero-order valence-corrected chi connectivity index (χ0v) is 14.3. The fourth-order valence-corrected chi connectivity index (χ4v) is 3.05. The molecular formula is C18H23N3O3. The smallest absolute Gasteiger partial charge is 0.255 e. The van der Waals surface area contributed by atoms with E-state index in [1.165, 1.54) is 0 Å². The summed E-state index contributed by atoms with van der Waals surface area (Å²) in [5.74, 6) is 0.690. The van der Waals surface area contributed by atoms with Crippen LogP contribution in [-0.2, 0) is 4.74 Å². The van der Waals surface area contributed by atoms with E-state index in [0.717, 1.165) is 36.6 Å². The molecule has 24 heavy (non-hydrogen) atoms. The molecule has 128 valence electrons. The molecule has 1 aromatic heterocycles. The molecule has 1 amide bonds. The Bertz CT molecular complexity index is 716. The van der Waals surface area contributed by atoms with Crippen LogP contribution in [0.15, 0.2) is 24.3 Å². The Morgan fingerprint density at radius 2 is 2.12 bits per heavy atom. The first-order chi connectivity index (χ1) is 11.6. The molecule has 1 fully saturated rings. The monoisotopic (exact) mass is 329 g/mol. The van der Waals surface area contributed by atoms with Gasteiger partial charge in [-0.3, -0.25) is 4.79 Å². The summed E-state index contributed by atoms with van der Waals surface area (Å²) in [5.41, 5.74) is 3.06. The number of hydrogen-bond donors (Lipinski definition) is 1. The van der Waals surface area contributed by atoms with Gasteiger partial charge in [-0.2, -0.15) is 5.10 Å². The van der Waals surface area contributed by atoms with Crippen molar-refractivity contribution < 1.29 is 14.3 Å². The summed E-state index contributed by atoms with van der Waals surface area (Å²) >= 11 is 0. The lowest BCUT2D eigenvalue weighted by molar-refractivity contribution is 0.0856. The lowest BCUT2D eigenvalue weighted by Crippen LogP contribution is -2.32. The molecule has 1 N–H and O–H groups in total. The van der Waals surface area contributed by atoms with Crippen LogP contribution in [-0.4, -0.2) is 42.1 Å². The second-order valence-electron chi connectivity index (χ2n) is 6.00. The topological polar surface area (TPSA) is 65.4 Å². The van der Waals surface area contributed by atoms with Crippen molar-refractivity contribution in [3.63, 3.8) is 0 Å². The summed E-state index contributed by atoms with van der Waals surface area (Å²) in [6.45, 7) is 5.10. The Labute approximate surface area is 141 Å². The predicted octanol–water partition coefficient (Wildman–Crippen LogP) is 2.41. The van der Waals surface area contributed by atoms with Gasteiger partial charge < -0.3 is 14.8 Å². The maximum Gasteiger partial charge on any atom is 0.255 e. The molecule has 6 nitrogen and oxygen atoms in total. The van der Waals surface area contributed by atoms with E-state index in [-0.39, 0.29) is 12.0 Å². The van der Waals surface area contributed by atoms with E-state index >= 15 is 0 Å². The number of carbonyl (C=O) groups excluding carboxylic acids is 1. The molecule has 3 rings (SSSR count). The van der Waals surface area contributed by atoms with Gasteiger partial charge in [0.1, 0.15) is 5.75 Å². The molecule has 0 bridgehead atoms. The van der Waals surface area contributed by atoms with Gasteiger partial charge in [0.15, 0.2) is 0 Å². The Morgan fingerprint density at radius 3 is 2.75 bits per heavy atom. The molecule has 0 spiro atoms. The summed E-state index contributed by atoms with van der Waals surface area (Å²) in [7, 11) is 1.63. The maximum atomic E-state index is 12.5. The first-order valence-corrected chi connectivity index (χ1v) is 8.20. The van der Waals surface area contributed by atoms with Gasteiger partial charge in [-0.05, 0) is 51.0 Å². The highest BCUT2D eigenvalue weighted by molar-refractivity contribution is 5.96. The molecule has 2 heterocycles. The third kappa shape index (κ3) is 3.28. The van der Waals surface area contributed by atoms with Gasteiger partial charge in [-0.1, -0.05) is 0 Å². The van der Waals surface area contributed by atoms with Crippen molar-refractivity contribution in [1.82, 2.24) is 15.1 Å². The van der Waals surface area contributed by atoms with Crippen molar-refractivity contribution in [3.05, 3.63) is 41.2 Å². The normalized spacial score (nSPS) is 17.0. The van der Waals surface area contributed by atoms with Crippen LogP contribution in [0.2, 0.25) is 0 Å². The number of hydrogen-bond acceptors (Lipinski definition) is 4. The second kappa shape index (κ2) is 7.05. The highest BCUT2D eigenvalue weighted by Gasteiger charge is 2.21. The molecule has 1 aliphatic heterocycles. The fourth-order valence-electron chi connectivity index (χ4n) is 3.05. The zero-order chi connectivity index (χ0) is 17.1. The number of rotatable bonds is 5. The van der Waals surface area contributed by atoms with Crippen LogP contribution in [0, 0.1) is 13.8 Å². The van der Waals surface area contributed by atoms with E-state index < -0.39 is 0 Å². The van der Waals surface area contributed by atoms with Crippen LogP contribution in [0.5, 0.6) is 5.75 Å². The quantitative estimate of drug-likeness (QED) is 0.915. The number of nitrogens with one attached hydrogen (secondary N) is 1. The lowest BCUT2D eigenvalue weighted by atomic mass is 10.1. The van der Waals surface area contributed by atoms with Gasteiger partial charge in [0.25, 0.3) is 5.91 Å². The molecular weight excluding hydrogens is 306 g/mol. The molecule has 6 heteroatoms. The highest BCUT2D eigenvalue weighted by Crippen LogP contribution is 2.20. The number of nitrogens with zero attached hydrogens (tertiary/aromatic N) is 2. The summed E-state index contributed by atoms with van der Waals surface area (Å²) in [5, 5.41) is 7.49. The third-order valence-electron chi connectivity index (χ3n) is 4.35. The number of carbonyl (C=O) groups is 1. The number of benzene rings is 1.